The summed E-state index contributed by atoms with van der Waals surface area (Å²) in [6, 6.07) is 27.2. The lowest BCUT2D eigenvalue weighted by molar-refractivity contribution is -0.277. The number of carbonyl (C=O) groups excluding carboxylic acids is 5. The second-order valence-corrected chi connectivity index (χ2v) is 24.1. The average Bonchev–Trinajstić information content (AvgIpc) is 1.81. The Morgan fingerprint density at radius 1 is 0.692 bits per heavy atom. The molecule has 1 unspecified atom stereocenters. The Bertz CT molecular complexity index is 3030. The molecule has 26 heteroatoms. The predicted molar refractivity (Wildman–Crippen MR) is 335 cm³/mol. The number of aromatic amines is 1. The molecule has 3 heterocycles. The first-order valence-corrected chi connectivity index (χ1v) is 32.1. The number of amides is 3. The molecular formula is C65H90N7O18P. The number of unbranched alkanes of at least 4 members (excludes halogenated alkanes) is 5. The minimum atomic E-state index is -1.84. The first-order valence-electron chi connectivity index (χ1n) is 30.9. The number of rotatable bonds is 36. The van der Waals surface area contributed by atoms with Crippen molar-refractivity contribution in [1.82, 2.24) is 30.2 Å². The molecule has 1 aromatic heterocycles. The van der Waals surface area contributed by atoms with Crippen LogP contribution >= 0.6 is 8.53 Å². The summed E-state index contributed by atoms with van der Waals surface area (Å²) < 4.78 is 71.4. The molecule has 10 atom stereocenters. The van der Waals surface area contributed by atoms with Crippen LogP contribution in [0.1, 0.15) is 136 Å². The van der Waals surface area contributed by atoms with Gasteiger partial charge in [0.05, 0.1) is 39.9 Å². The number of hydrogen-bond acceptors (Lipinski definition) is 20. The highest BCUT2D eigenvalue weighted by molar-refractivity contribution is 7.44. The number of nitrogens with zero attached hydrogens (tertiary/aromatic N) is 3. The van der Waals surface area contributed by atoms with Gasteiger partial charge in [-0.05, 0) is 94.3 Å². The van der Waals surface area contributed by atoms with Gasteiger partial charge in [-0.25, -0.2) is 14.3 Å². The Morgan fingerprint density at radius 3 is 1.82 bits per heavy atom. The third kappa shape index (κ3) is 21.1. The van der Waals surface area contributed by atoms with Crippen molar-refractivity contribution in [3.63, 3.8) is 0 Å². The van der Waals surface area contributed by atoms with E-state index >= 15 is 0 Å². The molecule has 0 radical (unpaired) electrons. The summed E-state index contributed by atoms with van der Waals surface area (Å²) in [7, 11) is 1.38. The van der Waals surface area contributed by atoms with E-state index in [0.29, 0.717) is 56.7 Å². The zero-order valence-corrected chi connectivity index (χ0v) is 54.6. The van der Waals surface area contributed by atoms with E-state index in [1.54, 1.807) is 14.2 Å². The number of nitriles is 1. The zero-order valence-electron chi connectivity index (χ0n) is 53.8. The van der Waals surface area contributed by atoms with E-state index in [2.05, 4.69) is 59.4 Å². The molecule has 25 nitrogen and oxygen atoms in total. The minimum Gasteiger partial charge on any atom is -0.497 e. The standard InChI is InChI=1S/C65H90N7O18P/c1-42(2)72(43(3)4)91(85-39-21-34-66)90-58-53(24-17-12-11-13-18-35-67-63(78)68-36-19-20-38-82-62-57(69-44(5)73)60(87-47(8)76)59(86-46(7)75)54(89-62)40-83-45(6)74)61(71-37-33-56(77)70-64(71)79)88-55(58)41-84-65(48-22-15-14-16-23-48,49-25-29-51(80-9)30-26-49)50-27-31-52(81-10)32-28-50/h14-16,22-23,25-33,37,42-43,53-55,57-62H,11-13,17-21,24,35-36,38-41H2,1-10H3,(H,69,73)(H2,67,68,78)(H,70,77,79)/t53-,54-,55-,57-,58+,59+,60-,61-,62-,91?/m1/s1. The maximum absolute atomic E-state index is 13.9. The van der Waals surface area contributed by atoms with Gasteiger partial charge in [0.1, 0.15) is 54.3 Å². The topological polar surface area (TPSA) is 305 Å². The van der Waals surface area contributed by atoms with Gasteiger partial charge in [0, 0.05) is 77.7 Å². The van der Waals surface area contributed by atoms with Crippen LogP contribution in [0, 0.1) is 17.2 Å². The van der Waals surface area contributed by atoms with Crippen molar-refractivity contribution in [2.45, 2.75) is 180 Å². The Balaban J connectivity index is 1.13. The molecule has 498 valence electrons. The Morgan fingerprint density at radius 2 is 1.26 bits per heavy atom. The molecule has 0 bridgehead atoms. The zero-order chi connectivity index (χ0) is 66.0. The number of nitrogens with one attached hydrogen (secondary N) is 4. The molecule has 2 fully saturated rings. The van der Waals surface area contributed by atoms with Crippen molar-refractivity contribution < 1.29 is 75.7 Å². The fourth-order valence-corrected chi connectivity index (χ4v) is 13.1. The molecule has 0 saturated carbocycles. The van der Waals surface area contributed by atoms with Gasteiger partial charge < -0.3 is 67.6 Å². The first-order chi connectivity index (χ1) is 43.7. The van der Waals surface area contributed by atoms with Crippen LogP contribution in [0.3, 0.4) is 0 Å². The fraction of sp³-hybridized carbons (Fsp3) is 0.569. The summed E-state index contributed by atoms with van der Waals surface area (Å²) >= 11 is 0. The SMILES string of the molecule is COc1ccc(C(OC[C@H]2O[C@@H](n3ccc(=O)[nH]c3=O)[C@H](CCCCCCCNC(=O)NCCCCO[C@@H]3O[C@H](COC(C)=O)[C@H](OC(C)=O)[C@H](OC(C)=O)[C@H]3NC(C)=O)[C@@H]2OP(OCCC#N)N(C(C)C)C(C)C)(c2ccccc2)c2ccc(OC)cc2)cc1. The highest BCUT2D eigenvalue weighted by Gasteiger charge is 2.53. The van der Waals surface area contributed by atoms with Gasteiger partial charge >= 0.3 is 29.6 Å². The third-order valence-corrected chi connectivity index (χ3v) is 17.4. The van der Waals surface area contributed by atoms with E-state index in [1.165, 1.54) is 30.7 Å². The smallest absolute Gasteiger partial charge is 0.330 e. The quantitative estimate of drug-likeness (QED) is 0.0111. The van der Waals surface area contributed by atoms with Gasteiger partial charge in [-0.15, -0.1) is 0 Å². The Kier molecular flexibility index (Phi) is 29.3. The molecule has 2 saturated heterocycles. The summed E-state index contributed by atoms with van der Waals surface area (Å²) in [5.74, 6) is -1.72. The molecule has 6 rings (SSSR count). The summed E-state index contributed by atoms with van der Waals surface area (Å²) in [4.78, 5) is 90.0. The van der Waals surface area contributed by atoms with Crippen LogP contribution in [0.25, 0.3) is 0 Å². The largest absolute Gasteiger partial charge is 0.497 e. The lowest BCUT2D eigenvalue weighted by Gasteiger charge is -2.44. The first kappa shape index (κ1) is 72.8. The van der Waals surface area contributed by atoms with Gasteiger partial charge in [0.15, 0.2) is 18.5 Å². The van der Waals surface area contributed by atoms with Crippen LogP contribution in [-0.4, -0.2) is 153 Å². The maximum Gasteiger partial charge on any atom is 0.330 e. The van der Waals surface area contributed by atoms with Crippen molar-refractivity contribution in [1.29, 1.82) is 5.26 Å². The van der Waals surface area contributed by atoms with Crippen LogP contribution in [0.15, 0.2) is 101 Å². The number of aromatic nitrogens is 2. The Labute approximate surface area is 533 Å². The van der Waals surface area contributed by atoms with Crippen LogP contribution in [-0.2, 0) is 67.0 Å². The number of methoxy groups -OCH3 is 2. The van der Waals surface area contributed by atoms with Crippen LogP contribution in [0.2, 0.25) is 0 Å². The summed E-state index contributed by atoms with van der Waals surface area (Å²) in [5.41, 5.74) is -0.0220. The number of hydrogen-bond donors (Lipinski definition) is 4. The second-order valence-electron chi connectivity index (χ2n) is 22.7. The van der Waals surface area contributed by atoms with Crippen molar-refractivity contribution in [2.75, 3.05) is 53.7 Å². The number of urea groups is 1. The molecule has 3 amide bonds. The summed E-state index contributed by atoms with van der Waals surface area (Å²) in [5, 5.41) is 18.1. The minimum absolute atomic E-state index is 0.0338. The maximum atomic E-state index is 13.9. The van der Waals surface area contributed by atoms with Gasteiger partial charge in [0.2, 0.25) is 5.91 Å². The highest BCUT2D eigenvalue weighted by atomic mass is 31.2. The molecule has 4 aromatic rings. The van der Waals surface area contributed by atoms with Crippen LogP contribution in [0.4, 0.5) is 4.79 Å². The lowest BCUT2D eigenvalue weighted by Crippen LogP contribution is -2.66. The second kappa shape index (κ2) is 36.7. The van der Waals surface area contributed by atoms with Gasteiger partial charge in [-0.2, -0.15) is 5.26 Å². The fourth-order valence-electron chi connectivity index (χ4n) is 11.3. The van der Waals surface area contributed by atoms with E-state index in [9.17, 15) is 38.8 Å². The number of benzene rings is 3. The molecule has 0 aliphatic carbocycles. The monoisotopic (exact) mass is 1290 g/mol. The third-order valence-electron chi connectivity index (χ3n) is 15.3. The van der Waals surface area contributed by atoms with Gasteiger partial charge in [0.25, 0.3) is 14.1 Å². The molecular weight excluding hydrogens is 1200 g/mol. The van der Waals surface area contributed by atoms with Crippen LogP contribution in [0.5, 0.6) is 11.5 Å². The van der Waals surface area contributed by atoms with Crippen molar-refractivity contribution in [3.8, 4) is 17.6 Å². The lowest BCUT2D eigenvalue weighted by atomic mass is 9.80. The molecule has 0 spiro atoms. The van der Waals surface area contributed by atoms with E-state index in [0.717, 1.165) is 49.8 Å². The number of carbonyl (C=O) groups is 5. The van der Waals surface area contributed by atoms with Gasteiger partial charge in [-0.1, -0.05) is 80.3 Å². The van der Waals surface area contributed by atoms with E-state index in [-0.39, 0.29) is 51.0 Å². The van der Waals surface area contributed by atoms with E-state index in [4.69, 9.17) is 51.7 Å². The summed E-state index contributed by atoms with van der Waals surface area (Å²) in [6.45, 7) is 13.5. The normalized spacial score (nSPS) is 20.9. The molecule has 91 heavy (non-hydrogen) atoms. The van der Waals surface area contributed by atoms with Crippen molar-refractivity contribution in [2.24, 2.45) is 5.92 Å². The van der Waals surface area contributed by atoms with E-state index < -0.39 is 104 Å². The number of ether oxygens (including phenoxy) is 9. The molecule has 2 aliphatic heterocycles. The van der Waals surface area contributed by atoms with Gasteiger partial charge in [-0.3, -0.25) is 33.5 Å². The number of esters is 3. The highest BCUT2D eigenvalue weighted by Crippen LogP contribution is 2.53. The molecule has 2 aliphatic rings. The molecule has 4 N–H and O–H groups in total. The van der Waals surface area contributed by atoms with E-state index in [1.807, 2.05) is 78.9 Å². The number of H-pyrrole nitrogens is 1. The Hall–Kier alpha value is -7.27. The van der Waals surface area contributed by atoms with Crippen LogP contribution < -0.4 is 36.7 Å². The average molecular weight is 1290 g/mol. The molecule has 3 aromatic carbocycles. The summed E-state index contributed by atoms with van der Waals surface area (Å²) in [6.07, 6.45) is -0.419. The van der Waals surface area contributed by atoms with Crippen molar-refractivity contribution >= 4 is 38.4 Å². The van der Waals surface area contributed by atoms with Crippen molar-refractivity contribution in [3.05, 3.63) is 129 Å². The predicted octanol–water partition coefficient (Wildman–Crippen LogP) is 7.83.